The highest BCUT2D eigenvalue weighted by atomic mass is 79.9. The molecule has 4 atom stereocenters. The first-order valence-corrected chi connectivity index (χ1v) is 14.9. The number of hydrogen-bond acceptors (Lipinski definition) is 6. The number of halogens is 2. The standard InChI is InChI=1S/C31H40BrFN2O5/c1-6-39-30(37)26-24(31(2,3)4)27(40-18-20-16-21(32)17-34-28(20)38-5)25(22-14-10-11-15-23(22)33)35(26)29(36)19-12-8-7-9-13-19/h10-11,14-17,19,24-27H,6-9,12-13,18H2,1-5H3/t24-,25+,26+,27+/m1/s1. The van der Waals surface area contributed by atoms with Gasteiger partial charge in [-0.25, -0.2) is 14.2 Å². The number of pyridine rings is 1. The topological polar surface area (TPSA) is 78.0 Å². The van der Waals surface area contributed by atoms with E-state index in [4.69, 9.17) is 14.2 Å². The molecule has 1 saturated heterocycles. The molecule has 2 heterocycles. The minimum absolute atomic E-state index is 0.0960. The maximum Gasteiger partial charge on any atom is 0.329 e. The molecule has 0 bridgehead atoms. The number of aromatic nitrogens is 1. The minimum atomic E-state index is -0.925. The molecular formula is C31H40BrFN2O5. The largest absolute Gasteiger partial charge is 0.481 e. The Hall–Kier alpha value is -2.52. The molecule has 0 spiro atoms. The van der Waals surface area contributed by atoms with Crippen LogP contribution in [0.2, 0.25) is 0 Å². The molecule has 9 heteroatoms. The Bertz CT molecular complexity index is 1200. The highest BCUT2D eigenvalue weighted by Gasteiger charge is 2.60. The van der Waals surface area contributed by atoms with Crippen molar-refractivity contribution in [3.8, 4) is 5.88 Å². The number of amides is 1. The van der Waals surface area contributed by atoms with Gasteiger partial charge in [-0.05, 0) is 53.2 Å². The Kier molecular flexibility index (Phi) is 9.88. The number of nitrogens with zero attached hydrogens (tertiary/aromatic N) is 2. The van der Waals surface area contributed by atoms with Crippen LogP contribution in [0.25, 0.3) is 0 Å². The molecule has 1 aromatic carbocycles. The van der Waals surface area contributed by atoms with E-state index in [-0.39, 0.29) is 25.0 Å². The van der Waals surface area contributed by atoms with Crippen molar-refractivity contribution in [3.05, 3.63) is 57.9 Å². The van der Waals surface area contributed by atoms with E-state index in [0.717, 1.165) is 36.6 Å². The smallest absolute Gasteiger partial charge is 0.329 e. The number of esters is 1. The number of carbonyl (C=O) groups is 2. The summed E-state index contributed by atoms with van der Waals surface area (Å²) in [5, 5.41) is 0. The Morgan fingerprint density at radius 1 is 1.15 bits per heavy atom. The Balaban J connectivity index is 1.87. The lowest BCUT2D eigenvalue weighted by Gasteiger charge is -2.36. The van der Waals surface area contributed by atoms with Gasteiger partial charge in [-0.1, -0.05) is 58.2 Å². The summed E-state index contributed by atoms with van der Waals surface area (Å²) < 4.78 is 34.0. The summed E-state index contributed by atoms with van der Waals surface area (Å²) >= 11 is 3.46. The van der Waals surface area contributed by atoms with E-state index >= 15 is 4.39 Å². The summed E-state index contributed by atoms with van der Waals surface area (Å²) in [5.41, 5.74) is 0.533. The van der Waals surface area contributed by atoms with Crippen molar-refractivity contribution >= 4 is 27.8 Å². The number of carbonyl (C=O) groups excluding carboxylic acids is 2. The van der Waals surface area contributed by atoms with E-state index in [0.29, 0.717) is 17.0 Å². The fourth-order valence-electron chi connectivity index (χ4n) is 6.35. The highest BCUT2D eigenvalue weighted by molar-refractivity contribution is 9.10. The van der Waals surface area contributed by atoms with Crippen molar-refractivity contribution in [2.24, 2.45) is 17.3 Å². The molecule has 2 aliphatic rings. The molecule has 1 amide bonds. The lowest BCUT2D eigenvalue weighted by molar-refractivity contribution is -0.158. The van der Waals surface area contributed by atoms with Gasteiger partial charge in [0.25, 0.3) is 0 Å². The van der Waals surface area contributed by atoms with Gasteiger partial charge >= 0.3 is 5.97 Å². The Morgan fingerprint density at radius 3 is 2.48 bits per heavy atom. The second-order valence-electron chi connectivity index (χ2n) is 11.7. The average molecular weight is 620 g/mol. The summed E-state index contributed by atoms with van der Waals surface area (Å²) in [5.74, 6) is -1.35. The van der Waals surface area contributed by atoms with Crippen molar-refractivity contribution in [2.75, 3.05) is 13.7 Å². The van der Waals surface area contributed by atoms with Gasteiger partial charge in [0.05, 0.1) is 32.5 Å². The number of hydrogen-bond donors (Lipinski definition) is 0. The molecule has 7 nitrogen and oxygen atoms in total. The lowest BCUT2D eigenvalue weighted by atomic mass is 9.73. The van der Waals surface area contributed by atoms with Crippen molar-refractivity contribution in [3.63, 3.8) is 0 Å². The van der Waals surface area contributed by atoms with Gasteiger partial charge in [0, 0.05) is 33.6 Å². The van der Waals surface area contributed by atoms with E-state index in [9.17, 15) is 9.59 Å². The number of ether oxygens (including phenoxy) is 3. The maximum absolute atomic E-state index is 15.6. The maximum atomic E-state index is 15.6. The molecule has 0 radical (unpaired) electrons. The van der Waals surface area contributed by atoms with Crippen LogP contribution in [0.5, 0.6) is 5.88 Å². The number of benzene rings is 1. The second kappa shape index (κ2) is 13.0. The summed E-state index contributed by atoms with van der Waals surface area (Å²) in [6, 6.07) is 6.57. The van der Waals surface area contributed by atoms with Gasteiger partial charge < -0.3 is 19.1 Å². The van der Waals surface area contributed by atoms with Crippen molar-refractivity contribution in [1.29, 1.82) is 0 Å². The minimum Gasteiger partial charge on any atom is -0.481 e. The number of likely N-dealkylation sites (tertiary alicyclic amines) is 1. The summed E-state index contributed by atoms with van der Waals surface area (Å²) in [6.07, 6.45) is 5.43. The molecule has 40 heavy (non-hydrogen) atoms. The van der Waals surface area contributed by atoms with Crippen LogP contribution in [-0.4, -0.2) is 47.6 Å². The molecule has 0 unspecified atom stereocenters. The van der Waals surface area contributed by atoms with Gasteiger partial charge in [0.2, 0.25) is 11.8 Å². The van der Waals surface area contributed by atoms with E-state index in [1.807, 2.05) is 26.8 Å². The van der Waals surface area contributed by atoms with Crippen LogP contribution in [0.15, 0.2) is 41.0 Å². The van der Waals surface area contributed by atoms with Crippen LogP contribution in [0.4, 0.5) is 4.39 Å². The van der Waals surface area contributed by atoms with Crippen LogP contribution in [-0.2, 0) is 25.7 Å². The van der Waals surface area contributed by atoms with Crippen LogP contribution in [0, 0.1) is 23.1 Å². The monoisotopic (exact) mass is 618 g/mol. The molecule has 1 aliphatic carbocycles. The van der Waals surface area contributed by atoms with Crippen LogP contribution < -0.4 is 4.74 Å². The zero-order chi connectivity index (χ0) is 29.0. The van der Waals surface area contributed by atoms with Crippen LogP contribution in [0.3, 0.4) is 0 Å². The second-order valence-corrected chi connectivity index (χ2v) is 12.6. The third-order valence-corrected chi connectivity index (χ3v) is 8.52. The summed E-state index contributed by atoms with van der Waals surface area (Å²) in [7, 11) is 1.54. The van der Waals surface area contributed by atoms with Crippen LogP contribution >= 0.6 is 15.9 Å². The SMILES string of the molecule is CCOC(=O)[C@@H]1[C@@H](C(C)(C)C)[C@H](OCc2cc(Br)cnc2OC)[C@H](c2ccccc2F)N1C(=O)C1CCCCC1. The first kappa shape index (κ1) is 30.4. The predicted octanol–water partition coefficient (Wildman–Crippen LogP) is 6.63. The van der Waals surface area contributed by atoms with E-state index in [2.05, 4.69) is 20.9 Å². The normalized spacial score (nSPS) is 23.7. The Labute approximate surface area is 244 Å². The number of methoxy groups -OCH3 is 1. The fourth-order valence-corrected chi connectivity index (χ4v) is 6.73. The van der Waals surface area contributed by atoms with Crippen molar-refractivity contribution in [1.82, 2.24) is 9.88 Å². The molecular weight excluding hydrogens is 579 g/mol. The quantitative estimate of drug-likeness (QED) is 0.309. The van der Waals surface area contributed by atoms with Gasteiger partial charge in [0.1, 0.15) is 11.9 Å². The summed E-state index contributed by atoms with van der Waals surface area (Å²) in [6.45, 7) is 8.09. The molecule has 218 valence electrons. The highest BCUT2D eigenvalue weighted by Crippen LogP contribution is 2.51. The first-order valence-electron chi connectivity index (χ1n) is 14.1. The molecule has 1 aromatic heterocycles. The molecule has 2 aromatic rings. The van der Waals surface area contributed by atoms with Gasteiger partial charge in [-0.15, -0.1) is 0 Å². The lowest BCUT2D eigenvalue weighted by Crippen LogP contribution is -2.49. The fraction of sp³-hybridized carbons (Fsp3) is 0.581. The van der Waals surface area contributed by atoms with E-state index < -0.39 is 41.3 Å². The molecule has 2 fully saturated rings. The number of rotatable bonds is 8. The van der Waals surface area contributed by atoms with E-state index in [1.165, 1.54) is 13.2 Å². The molecule has 1 saturated carbocycles. The average Bonchev–Trinajstić information content (AvgIpc) is 3.28. The van der Waals surface area contributed by atoms with Crippen molar-refractivity contribution < 1.29 is 28.2 Å². The third-order valence-electron chi connectivity index (χ3n) is 8.08. The summed E-state index contributed by atoms with van der Waals surface area (Å²) in [4.78, 5) is 34.0. The van der Waals surface area contributed by atoms with Crippen LogP contribution in [0.1, 0.15) is 77.0 Å². The molecule has 0 N–H and O–H groups in total. The van der Waals surface area contributed by atoms with Crippen molar-refractivity contribution in [2.45, 2.75) is 84.6 Å². The predicted molar refractivity (Wildman–Crippen MR) is 153 cm³/mol. The zero-order valence-corrected chi connectivity index (χ0v) is 25.6. The zero-order valence-electron chi connectivity index (χ0n) is 24.0. The Morgan fingerprint density at radius 2 is 1.85 bits per heavy atom. The van der Waals surface area contributed by atoms with Gasteiger partial charge in [-0.3, -0.25) is 4.79 Å². The molecule has 1 aliphatic heterocycles. The van der Waals surface area contributed by atoms with Gasteiger partial charge in [0.15, 0.2) is 0 Å². The third kappa shape index (κ3) is 6.35. The first-order chi connectivity index (χ1) is 19.1. The van der Waals surface area contributed by atoms with E-state index in [1.54, 1.807) is 36.2 Å². The molecule has 4 rings (SSSR count). The van der Waals surface area contributed by atoms with Gasteiger partial charge in [-0.2, -0.15) is 0 Å².